The highest BCUT2D eigenvalue weighted by Gasteiger charge is 2.47. The summed E-state index contributed by atoms with van der Waals surface area (Å²) in [5.41, 5.74) is 2.26. The van der Waals surface area contributed by atoms with E-state index in [1.54, 1.807) is 18.9 Å². The van der Waals surface area contributed by atoms with Gasteiger partial charge in [0.2, 0.25) is 0 Å². The molecule has 2 aromatic rings. The highest BCUT2D eigenvalue weighted by atomic mass is 32.2. The number of nitrogens with zero attached hydrogens (tertiary/aromatic N) is 2. The zero-order valence-corrected chi connectivity index (χ0v) is 16.7. The van der Waals surface area contributed by atoms with E-state index in [2.05, 4.69) is 17.0 Å². The average molecular weight is 403 g/mol. The fraction of sp³-hybridized carbons (Fsp3) is 0.350. The van der Waals surface area contributed by atoms with Gasteiger partial charge in [-0.2, -0.15) is 0 Å². The number of methoxy groups -OCH3 is 1. The Bertz CT molecular complexity index is 927. The Labute approximate surface area is 164 Å². The molecule has 0 aromatic heterocycles. The van der Waals surface area contributed by atoms with Crippen molar-refractivity contribution in [2.24, 2.45) is 4.99 Å². The fourth-order valence-electron chi connectivity index (χ4n) is 3.58. The number of para-hydroxylation sites is 1. The van der Waals surface area contributed by atoms with Gasteiger partial charge in [-0.15, -0.1) is 0 Å². The van der Waals surface area contributed by atoms with Gasteiger partial charge < -0.3 is 9.64 Å². The summed E-state index contributed by atoms with van der Waals surface area (Å²) in [4.78, 5) is 6.89. The Hall–Kier alpha value is -1.99. The molecular weight excluding hydrogens is 380 g/mol. The molecule has 1 saturated heterocycles. The molecule has 2 heterocycles. The molecule has 2 unspecified atom stereocenters. The summed E-state index contributed by atoms with van der Waals surface area (Å²) in [6.45, 7) is 0. The van der Waals surface area contributed by atoms with Crippen LogP contribution in [0.1, 0.15) is 5.56 Å². The Kier molecular flexibility index (Phi) is 5.14. The lowest BCUT2D eigenvalue weighted by atomic mass is 10.1. The molecule has 5 nitrogen and oxygen atoms in total. The van der Waals surface area contributed by atoms with Crippen LogP contribution in [0.5, 0.6) is 5.75 Å². The number of benzene rings is 2. The molecule has 2 atom stereocenters. The van der Waals surface area contributed by atoms with Crippen molar-refractivity contribution >= 4 is 32.5 Å². The number of anilines is 1. The second-order valence-electron chi connectivity index (χ2n) is 6.78. The van der Waals surface area contributed by atoms with Crippen molar-refractivity contribution < 1.29 is 13.2 Å². The van der Waals surface area contributed by atoms with Gasteiger partial charge in [0, 0.05) is 11.4 Å². The van der Waals surface area contributed by atoms with Crippen molar-refractivity contribution in [3.05, 3.63) is 60.2 Å². The molecule has 2 aliphatic heterocycles. The van der Waals surface area contributed by atoms with Crippen molar-refractivity contribution in [2.45, 2.75) is 18.5 Å². The number of fused-ring (bicyclic) bond motifs is 1. The molecule has 0 radical (unpaired) electrons. The van der Waals surface area contributed by atoms with Crippen LogP contribution in [0, 0.1) is 0 Å². The standard InChI is InChI=1S/C20H22N2O3S2/c1-25-17-9-7-15(8-10-17)11-12-26-20-21-18-13-27(23,24)14-19(18)22(20)16-5-3-2-4-6-16/h2-10,18-19H,11-14H2,1H3. The zero-order valence-electron chi connectivity index (χ0n) is 15.1. The Morgan fingerprint density at radius 3 is 2.56 bits per heavy atom. The van der Waals surface area contributed by atoms with Crippen molar-refractivity contribution in [2.75, 3.05) is 29.3 Å². The molecule has 4 rings (SSSR count). The van der Waals surface area contributed by atoms with E-state index in [0.29, 0.717) is 0 Å². The summed E-state index contributed by atoms with van der Waals surface area (Å²) in [7, 11) is -1.34. The van der Waals surface area contributed by atoms with E-state index in [4.69, 9.17) is 9.73 Å². The van der Waals surface area contributed by atoms with Gasteiger partial charge in [0.1, 0.15) is 5.75 Å². The molecule has 2 aromatic carbocycles. The van der Waals surface area contributed by atoms with Crippen LogP contribution >= 0.6 is 11.8 Å². The topological polar surface area (TPSA) is 59.0 Å². The highest BCUT2D eigenvalue weighted by molar-refractivity contribution is 8.14. The second-order valence-corrected chi connectivity index (χ2v) is 9.99. The number of amidine groups is 1. The van der Waals surface area contributed by atoms with Gasteiger partial charge in [0.05, 0.1) is 30.7 Å². The minimum atomic E-state index is -3.01. The molecule has 27 heavy (non-hydrogen) atoms. The minimum absolute atomic E-state index is 0.0825. The van der Waals surface area contributed by atoms with Crippen LogP contribution < -0.4 is 9.64 Å². The van der Waals surface area contributed by atoms with Crippen molar-refractivity contribution in [1.82, 2.24) is 0 Å². The molecule has 0 amide bonds. The van der Waals surface area contributed by atoms with E-state index in [0.717, 1.165) is 28.8 Å². The van der Waals surface area contributed by atoms with Gasteiger partial charge in [0.15, 0.2) is 15.0 Å². The third kappa shape index (κ3) is 3.99. The molecule has 0 aliphatic carbocycles. The Balaban J connectivity index is 1.48. The van der Waals surface area contributed by atoms with Gasteiger partial charge in [-0.05, 0) is 36.2 Å². The van der Waals surface area contributed by atoms with Crippen LogP contribution in [0.15, 0.2) is 59.6 Å². The van der Waals surface area contributed by atoms with Crippen LogP contribution in [-0.2, 0) is 16.3 Å². The first kappa shape index (κ1) is 18.4. The van der Waals surface area contributed by atoms with E-state index in [9.17, 15) is 8.42 Å². The number of hydrogen-bond donors (Lipinski definition) is 0. The first-order chi connectivity index (χ1) is 13.1. The van der Waals surface area contributed by atoms with E-state index < -0.39 is 9.84 Å². The highest BCUT2D eigenvalue weighted by Crippen LogP contribution is 2.35. The van der Waals surface area contributed by atoms with E-state index in [-0.39, 0.29) is 23.6 Å². The van der Waals surface area contributed by atoms with Crippen LogP contribution in [0.25, 0.3) is 0 Å². The van der Waals surface area contributed by atoms with E-state index >= 15 is 0 Å². The minimum Gasteiger partial charge on any atom is -0.497 e. The number of ether oxygens (including phenoxy) is 1. The molecule has 0 spiro atoms. The lowest BCUT2D eigenvalue weighted by molar-refractivity contribution is 0.414. The maximum Gasteiger partial charge on any atom is 0.164 e. The molecule has 1 fully saturated rings. The molecule has 0 N–H and O–H groups in total. The van der Waals surface area contributed by atoms with Gasteiger partial charge in [-0.3, -0.25) is 4.99 Å². The fourth-order valence-corrected chi connectivity index (χ4v) is 6.53. The summed E-state index contributed by atoms with van der Waals surface area (Å²) < 4.78 is 29.3. The number of thioether (sulfide) groups is 1. The number of hydrogen-bond acceptors (Lipinski definition) is 6. The smallest absolute Gasteiger partial charge is 0.164 e. The molecule has 0 saturated carbocycles. The SMILES string of the molecule is COc1ccc(CCSC2=NC3CS(=O)(=O)CC3N2c2ccccc2)cc1. The van der Waals surface area contributed by atoms with Crippen LogP contribution in [0.3, 0.4) is 0 Å². The maximum atomic E-state index is 12.1. The van der Waals surface area contributed by atoms with Crippen LogP contribution in [0.4, 0.5) is 5.69 Å². The molecule has 7 heteroatoms. The summed E-state index contributed by atoms with van der Waals surface area (Å²) in [5.74, 6) is 2.08. The molecule has 2 aliphatic rings. The van der Waals surface area contributed by atoms with Crippen LogP contribution in [-0.4, -0.2) is 50.0 Å². The number of sulfone groups is 1. The van der Waals surface area contributed by atoms with Gasteiger partial charge in [-0.1, -0.05) is 42.1 Å². The predicted octanol–water partition coefficient (Wildman–Crippen LogP) is 3.01. The number of rotatable bonds is 5. The Morgan fingerprint density at radius 2 is 1.85 bits per heavy atom. The number of aliphatic imine (C=N–C) groups is 1. The van der Waals surface area contributed by atoms with Crippen LogP contribution in [0.2, 0.25) is 0 Å². The van der Waals surface area contributed by atoms with E-state index in [1.807, 2.05) is 42.5 Å². The lowest BCUT2D eigenvalue weighted by Gasteiger charge is -2.26. The third-order valence-corrected chi connectivity index (χ3v) is 7.59. The first-order valence-corrected chi connectivity index (χ1v) is 11.7. The summed E-state index contributed by atoms with van der Waals surface area (Å²) >= 11 is 1.70. The second kappa shape index (κ2) is 7.56. The Morgan fingerprint density at radius 1 is 1.11 bits per heavy atom. The largest absolute Gasteiger partial charge is 0.497 e. The first-order valence-electron chi connectivity index (χ1n) is 8.94. The van der Waals surface area contributed by atoms with Gasteiger partial charge in [0.25, 0.3) is 0 Å². The van der Waals surface area contributed by atoms with Crippen molar-refractivity contribution in [3.8, 4) is 5.75 Å². The van der Waals surface area contributed by atoms with Crippen molar-refractivity contribution in [1.29, 1.82) is 0 Å². The van der Waals surface area contributed by atoms with Gasteiger partial charge in [-0.25, -0.2) is 8.42 Å². The average Bonchev–Trinajstić information content (AvgIpc) is 3.14. The maximum absolute atomic E-state index is 12.1. The monoisotopic (exact) mass is 402 g/mol. The summed E-state index contributed by atoms with van der Waals surface area (Å²) in [6, 6.07) is 17.8. The van der Waals surface area contributed by atoms with Gasteiger partial charge >= 0.3 is 0 Å². The number of aryl methyl sites for hydroxylation is 1. The normalized spacial score (nSPS) is 23.1. The molecular formula is C20H22N2O3S2. The summed E-state index contributed by atoms with van der Waals surface area (Å²) in [5, 5.41) is 0.930. The zero-order chi connectivity index (χ0) is 18.9. The summed E-state index contributed by atoms with van der Waals surface area (Å²) in [6.07, 6.45) is 0.921. The van der Waals surface area contributed by atoms with Crippen molar-refractivity contribution in [3.63, 3.8) is 0 Å². The quantitative estimate of drug-likeness (QED) is 0.769. The molecule has 142 valence electrons. The predicted molar refractivity (Wildman–Crippen MR) is 112 cm³/mol. The lowest BCUT2D eigenvalue weighted by Crippen LogP contribution is -2.39. The third-order valence-electron chi connectivity index (χ3n) is 4.92. The van der Waals surface area contributed by atoms with E-state index in [1.165, 1.54) is 5.56 Å². The molecule has 0 bridgehead atoms.